The van der Waals surface area contributed by atoms with Gasteiger partial charge >= 0.3 is 0 Å². The minimum Gasteiger partial charge on any atom is -0.291 e. The molecule has 0 fully saturated rings. The smallest absolute Gasteiger partial charge is 0.261 e. The first kappa shape index (κ1) is 13.3. The van der Waals surface area contributed by atoms with Crippen LogP contribution in [-0.2, 0) is 6.54 Å². The highest BCUT2D eigenvalue weighted by Crippen LogP contribution is 2.16. The van der Waals surface area contributed by atoms with Crippen molar-refractivity contribution in [2.45, 2.75) is 6.54 Å². The summed E-state index contributed by atoms with van der Waals surface area (Å²) in [7, 11) is 0. The Morgan fingerprint density at radius 2 is 2.24 bits per heavy atom. The van der Waals surface area contributed by atoms with E-state index in [1.54, 1.807) is 10.9 Å². The van der Waals surface area contributed by atoms with Crippen LogP contribution in [0.25, 0.3) is 0 Å². The van der Waals surface area contributed by atoms with Gasteiger partial charge in [0.15, 0.2) is 0 Å². The number of carbonyl (C=O) groups is 1. The molecule has 2 N–H and O–H groups in total. The van der Waals surface area contributed by atoms with Crippen LogP contribution in [0, 0.1) is 0 Å². The maximum absolute atomic E-state index is 12.0. The third-order valence-corrected chi connectivity index (χ3v) is 3.20. The van der Waals surface area contributed by atoms with Crippen molar-refractivity contribution in [2.24, 2.45) is 0 Å². The number of hydrogen-bond acceptors (Lipinski definition) is 4. The number of rotatable bonds is 4. The van der Waals surface area contributed by atoms with E-state index in [2.05, 4.69) is 25.6 Å². The van der Waals surface area contributed by atoms with E-state index in [0.717, 1.165) is 5.56 Å². The predicted octanol–water partition coefficient (Wildman–Crippen LogP) is 1.96. The fraction of sp³-hybridized carbons (Fsp3) is 0.0769. The lowest BCUT2D eigenvalue weighted by molar-refractivity contribution is 0.102. The number of anilines is 1. The Morgan fingerprint density at radius 1 is 1.38 bits per heavy atom. The molecule has 3 aromatic rings. The highest BCUT2D eigenvalue weighted by Gasteiger charge is 2.11. The van der Waals surface area contributed by atoms with Crippen molar-refractivity contribution in [1.82, 2.24) is 25.0 Å². The van der Waals surface area contributed by atoms with E-state index in [0.29, 0.717) is 23.1 Å². The molecule has 1 aromatic carbocycles. The van der Waals surface area contributed by atoms with E-state index in [1.807, 2.05) is 24.3 Å². The van der Waals surface area contributed by atoms with Gasteiger partial charge in [0.25, 0.3) is 5.91 Å². The molecule has 0 aliphatic carbocycles. The zero-order valence-electron chi connectivity index (χ0n) is 10.8. The molecule has 0 bridgehead atoms. The van der Waals surface area contributed by atoms with Crippen LogP contribution in [0.3, 0.4) is 0 Å². The normalized spacial score (nSPS) is 10.5. The van der Waals surface area contributed by atoms with E-state index in [-0.39, 0.29) is 5.91 Å². The number of nitrogens with zero attached hydrogens (tertiary/aromatic N) is 4. The van der Waals surface area contributed by atoms with Crippen molar-refractivity contribution in [1.29, 1.82) is 0 Å². The molecule has 0 saturated heterocycles. The molecule has 0 saturated carbocycles. The van der Waals surface area contributed by atoms with E-state index in [4.69, 9.17) is 11.6 Å². The molecule has 0 spiro atoms. The van der Waals surface area contributed by atoms with Gasteiger partial charge in [-0.15, -0.1) is 0 Å². The highest BCUT2D eigenvalue weighted by atomic mass is 35.5. The Hall–Kier alpha value is -2.67. The summed E-state index contributed by atoms with van der Waals surface area (Å²) < 4.78 is 1.65. The maximum Gasteiger partial charge on any atom is 0.261 e. The minimum atomic E-state index is -0.308. The van der Waals surface area contributed by atoms with Crippen molar-refractivity contribution in [3.05, 3.63) is 59.1 Å². The van der Waals surface area contributed by atoms with Crippen LogP contribution in [0.4, 0.5) is 5.95 Å². The van der Waals surface area contributed by atoms with Crippen molar-refractivity contribution in [2.75, 3.05) is 5.32 Å². The van der Waals surface area contributed by atoms with Gasteiger partial charge in [-0.05, 0) is 11.6 Å². The fourth-order valence-electron chi connectivity index (χ4n) is 1.81. The van der Waals surface area contributed by atoms with Gasteiger partial charge in [0.2, 0.25) is 5.95 Å². The van der Waals surface area contributed by atoms with Gasteiger partial charge in [-0.2, -0.15) is 15.2 Å². The minimum absolute atomic E-state index is 0.291. The van der Waals surface area contributed by atoms with Crippen LogP contribution in [0.2, 0.25) is 5.02 Å². The Bertz CT molecular complexity index is 752. The Balaban J connectivity index is 1.71. The largest absolute Gasteiger partial charge is 0.291 e. The number of aromatic nitrogens is 5. The molecule has 0 atom stereocenters. The molecule has 0 radical (unpaired) electrons. The summed E-state index contributed by atoms with van der Waals surface area (Å²) in [5, 5.41) is 13.6. The quantitative estimate of drug-likeness (QED) is 0.771. The lowest BCUT2D eigenvalue weighted by Crippen LogP contribution is -2.12. The lowest BCUT2D eigenvalue weighted by atomic mass is 10.2. The van der Waals surface area contributed by atoms with Crippen LogP contribution in [-0.4, -0.2) is 30.9 Å². The first-order valence-electron chi connectivity index (χ1n) is 6.15. The lowest BCUT2D eigenvalue weighted by Gasteiger charge is -2.03. The molecule has 3 rings (SSSR count). The Morgan fingerprint density at radius 3 is 3.00 bits per heavy atom. The molecule has 7 nitrogen and oxygen atoms in total. The van der Waals surface area contributed by atoms with Crippen LogP contribution >= 0.6 is 11.6 Å². The molecule has 1 amide bonds. The average molecular weight is 303 g/mol. The first-order chi connectivity index (χ1) is 10.2. The SMILES string of the molecule is O=C(Nc1ncn[nH]1)c1cnn(Cc2ccccc2Cl)c1. The van der Waals surface area contributed by atoms with Crippen molar-refractivity contribution in [3.8, 4) is 0 Å². The van der Waals surface area contributed by atoms with Gasteiger partial charge in [0.1, 0.15) is 6.33 Å². The molecule has 0 aliphatic rings. The van der Waals surface area contributed by atoms with E-state index in [9.17, 15) is 4.79 Å². The van der Waals surface area contributed by atoms with Crippen molar-refractivity contribution < 1.29 is 4.79 Å². The van der Waals surface area contributed by atoms with Gasteiger partial charge in [-0.25, -0.2) is 5.10 Å². The first-order valence-corrected chi connectivity index (χ1v) is 6.53. The molecular weight excluding hydrogens is 292 g/mol. The topological polar surface area (TPSA) is 88.5 Å². The highest BCUT2D eigenvalue weighted by molar-refractivity contribution is 6.31. The van der Waals surface area contributed by atoms with Gasteiger partial charge < -0.3 is 0 Å². The molecule has 0 unspecified atom stereocenters. The summed E-state index contributed by atoms with van der Waals surface area (Å²) >= 11 is 6.10. The number of benzene rings is 1. The Labute approximate surface area is 125 Å². The number of halogens is 1. The number of hydrogen-bond donors (Lipinski definition) is 2. The van der Waals surface area contributed by atoms with Crippen molar-refractivity contribution in [3.63, 3.8) is 0 Å². The second kappa shape index (κ2) is 5.76. The second-order valence-corrected chi connectivity index (χ2v) is 4.71. The summed E-state index contributed by atoms with van der Waals surface area (Å²) in [4.78, 5) is 15.8. The standard InChI is InChI=1S/C13H11ClN6O/c14-11-4-2-1-3-9(11)6-20-7-10(5-17-20)12(21)18-13-15-8-16-19-13/h1-5,7-8H,6H2,(H2,15,16,18,19,21). The van der Waals surface area contributed by atoms with Crippen molar-refractivity contribution >= 4 is 23.5 Å². The molecule has 2 aromatic heterocycles. The third kappa shape index (κ3) is 3.09. The molecule has 106 valence electrons. The molecule has 8 heteroatoms. The van der Waals surface area contributed by atoms with E-state index >= 15 is 0 Å². The maximum atomic E-state index is 12.0. The summed E-state index contributed by atoms with van der Waals surface area (Å²) in [5.74, 6) is -0.0176. The summed E-state index contributed by atoms with van der Waals surface area (Å²) in [6, 6.07) is 7.50. The van der Waals surface area contributed by atoms with Gasteiger partial charge in [0, 0.05) is 11.2 Å². The zero-order valence-corrected chi connectivity index (χ0v) is 11.6. The van der Waals surface area contributed by atoms with Gasteiger partial charge in [-0.1, -0.05) is 29.8 Å². The van der Waals surface area contributed by atoms with Crippen LogP contribution in [0.5, 0.6) is 0 Å². The van der Waals surface area contributed by atoms with Crippen LogP contribution < -0.4 is 5.32 Å². The molecular formula is C13H11ClN6O. The number of H-pyrrole nitrogens is 1. The molecule has 2 heterocycles. The zero-order chi connectivity index (χ0) is 14.7. The summed E-state index contributed by atoms with van der Waals surface area (Å²) in [6.07, 6.45) is 4.45. The number of aromatic amines is 1. The number of nitrogens with one attached hydrogen (secondary N) is 2. The fourth-order valence-corrected chi connectivity index (χ4v) is 2.01. The number of amides is 1. The van der Waals surface area contributed by atoms with Gasteiger partial charge in [-0.3, -0.25) is 14.8 Å². The molecule has 21 heavy (non-hydrogen) atoms. The van der Waals surface area contributed by atoms with E-state index < -0.39 is 0 Å². The van der Waals surface area contributed by atoms with E-state index in [1.165, 1.54) is 12.5 Å². The third-order valence-electron chi connectivity index (χ3n) is 2.83. The van der Waals surface area contributed by atoms with Crippen LogP contribution in [0.1, 0.15) is 15.9 Å². The summed E-state index contributed by atoms with van der Waals surface area (Å²) in [6.45, 7) is 0.495. The molecule has 0 aliphatic heterocycles. The monoisotopic (exact) mass is 302 g/mol. The number of carbonyl (C=O) groups excluding carboxylic acids is 1. The second-order valence-electron chi connectivity index (χ2n) is 4.31. The summed E-state index contributed by atoms with van der Waals surface area (Å²) in [5.41, 5.74) is 1.36. The average Bonchev–Trinajstić information content (AvgIpc) is 3.13. The predicted molar refractivity (Wildman–Crippen MR) is 77.1 cm³/mol. The Kier molecular flexibility index (Phi) is 3.65. The van der Waals surface area contributed by atoms with Crippen LogP contribution in [0.15, 0.2) is 43.0 Å². The van der Waals surface area contributed by atoms with Gasteiger partial charge in [0.05, 0.1) is 18.3 Å².